The summed E-state index contributed by atoms with van der Waals surface area (Å²) in [5.74, 6) is -0.0755. The minimum Gasteiger partial charge on any atom is -0.491 e. The van der Waals surface area contributed by atoms with E-state index in [0.717, 1.165) is 4.47 Å². The molecule has 0 aliphatic carbocycles. The molecule has 5 nitrogen and oxygen atoms in total. The Morgan fingerprint density at radius 2 is 2.05 bits per heavy atom. The van der Waals surface area contributed by atoms with E-state index in [0.29, 0.717) is 5.69 Å². The standard InChI is InChI=1S/C14H13BrN2O3/c1-20-12-7-4-8-17(14(12)19)9-13(18)16-11-6-3-2-5-10(11)15/h2-8H,9H2,1H3,(H,16,18). The summed E-state index contributed by atoms with van der Waals surface area (Å²) >= 11 is 3.34. The number of benzene rings is 1. The van der Waals surface area contributed by atoms with E-state index in [1.807, 2.05) is 18.2 Å². The summed E-state index contributed by atoms with van der Waals surface area (Å²) in [6.45, 7) is -0.0721. The van der Waals surface area contributed by atoms with Gasteiger partial charge in [-0.1, -0.05) is 12.1 Å². The summed E-state index contributed by atoms with van der Waals surface area (Å²) in [4.78, 5) is 23.9. The first kappa shape index (κ1) is 14.3. The van der Waals surface area contributed by atoms with E-state index in [1.165, 1.54) is 11.7 Å². The van der Waals surface area contributed by atoms with Crippen LogP contribution >= 0.6 is 15.9 Å². The highest BCUT2D eigenvalue weighted by atomic mass is 79.9. The zero-order valence-corrected chi connectivity index (χ0v) is 12.4. The fourth-order valence-electron chi connectivity index (χ4n) is 1.70. The van der Waals surface area contributed by atoms with Gasteiger partial charge in [-0.3, -0.25) is 9.59 Å². The number of amides is 1. The molecule has 104 valence electrons. The van der Waals surface area contributed by atoms with Crippen LogP contribution in [-0.2, 0) is 11.3 Å². The van der Waals surface area contributed by atoms with Gasteiger partial charge in [0.05, 0.1) is 12.8 Å². The van der Waals surface area contributed by atoms with E-state index in [-0.39, 0.29) is 23.8 Å². The van der Waals surface area contributed by atoms with Crippen LogP contribution < -0.4 is 15.6 Å². The molecule has 0 unspecified atom stereocenters. The first-order chi connectivity index (χ1) is 9.61. The predicted molar refractivity (Wildman–Crippen MR) is 80.0 cm³/mol. The SMILES string of the molecule is COc1cccn(CC(=O)Nc2ccccc2Br)c1=O. The number of carbonyl (C=O) groups excluding carboxylic acids is 1. The average molecular weight is 337 g/mol. The molecule has 2 rings (SSSR count). The molecule has 20 heavy (non-hydrogen) atoms. The number of nitrogens with one attached hydrogen (secondary N) is 1. The van der Waals surface area contributed by atoms with Gasteiger partial charge in [-0.05, 0) is 40.2 Å². The number of hydrogen-bond acceptors (Lipinski definition) is 3. The normalized spacial score (nSPS) is 10.1. The summed E-state index contributed by atoms with van der Waals surface area (Å²) < 4.78 is 7.01. The van der Waals surface area contributed by atoms with Gasteiger partial charge < -0.3 is 14.6 Å². The zero-order valence-electron chi connectivity index (χ0n) is 10.8. The molecule has 0 saturated carbocycles. The topological polar surface area (TPSA) is 60.3 Å². The lowest BCUT2D eigenvalue weighted by Gasteiger charge is -2.09. The molecule has 6 heteroatoms. The van der Waals surface area contributed by atoms with Crippen LogP contribution in [0.25, 0.3) is 0 Å². The fourth-order valence-corrected chi connectivity index (χ4v) is 2.09. The van der Waals surface area contributed by atoms with E-state index in [4.69, 9.17) is 4.74 Å². The molecule has 0 bridgehead atoms. The number of ether oxygens (including phenoxy) is 1. The first-order valence-electron chi connectivity index (χ1n) is 5.89. The maximum absolute atomic E-state index is 12.0. The summed E-state index contributed by atoms with van der Waals surface area (Å²) in [6.07, 6.45) is 1.55. The molecule has 2 aromatic rings. The van der Waals surface area contributed by atoms with Crippen molar-refractivity contribution in [2.75, 3.05) is 12.4 Å². The smallest absolute Gasteiger partial charge is 0.293 e. The first-order valence-corrected chi connectivity index (χ1v) is 6.69. The molecule has 0 aliphatic rings. The number of methoxy groups -OCH3 is 1. The second kappa shape index (κ2) is 6.38. The molecule has 0 saturated heterocycles. The van der Waals surface area contributed by atoms with Crippen LogP contribution in [0.5, 0.6) is 5.75 Å². The third kappa shape index (κ3) is 3.27. The Balaban J connectivity index is 2.13. The molecule has 0 aliphatic heterocycles. The van der Waals surface area contributed by atoms with E-state index in [2.05, 4.69) is 21.2 Å². The summed E-state index contributed by atoms with van der Waals surface area (Å²) in [5.41, 5.74) is 0.325. The number of pyridine rings is 1. The van der Waals surface area contributed by atoms with Crippen LogP contribution in [0.2, 0.25) is 0 Å². The summed E-state index contributed by atoms with van der Waals surface area (Å²) in [5, 5.41) is 2.74. The molecule has 1 aromatic heterocycles. The van der Waals surface area contributed by atoms with Gasteiger partial charge in [0.25, 0.3) is 5.56 Å². The number of anilines is 1. The molecule has 1 aromatic carbocycles. The molecule has 1 heterocycles. The van der Waals surface area contributed by atoms with Crippen molar-refractivity contribution < 1.29 is 9.53 Å². The van der Waals surface area contributed by atoms with Gasteiger partial charge >= 0.3 is 0 Å². The molecule has 0 spiro atoms. The molecule has 0 fully saturated rings. The van der Waals surface area contributed by atoms with Gasteiger partial charge in [0.1, 0.15) is 6.54 Å². The minimum absolute atomic E-state index is 0.0721. The maximum atomic E-state index is 12.0. The Hall–Kier alpha value is -2.08. The lowest BCUT2D eigenvalue weighted by Crippen LogP contribution is -2.27. The number of rotatable bonds is 4. The third-order valence-corrected chi connectivity index (χ3v) is 3.36. The van der Waals surface area contributed by atoms with E-state index < -0.39 is 0 Å². The molecule has 0 atom stereocenters. The van der Waals surface area contributed by atoms with Crippen LogP contribution in [0.4, 0.5) is 5.69 Å². The van der Waals surface area contributed by atoms with Gasteiger partial charge in [-0.25, -0.2) is 0 Å². The number of para-hydroxylation sites is 1. The summed E-state index contributed by atoms with van der Waals surface area (Å²) in [7, 11) is 1.42. The molecular weight excluding hydrogens is 324 g/mol. The van der Waals surface area contributed by atoms with Gasteiger partial charge in [0.2, 0.25) is 5.91 Å². The van der Waals surface area contributed by atoms with Crippen LogP contribution in [0.15, 0.2) is 51.9 Å². The van der Waals surface area contributed by atoms with Crippen molar-refractivity contribution >= 4 is 27.5 Å². The fraction of sp³-hybridized carbons (Fsp3) is 0.143. The van der Waals surface area contributed by atoms with E-state index >= 15 is 0 Å². The molecular formula is C14H13BrN2O3. The third-order valence-electron chi connectivity index (χ3n) is 2.67. The second-order valence-electron chi connectivity index (χ2n) is 4.04. The summed E-state index contributed by atoms with van der Waals surface area (Å²) in [6, 6.07) is 10.5. The Kier molecular flexibility index (Phi) is 4.57. The second-order valence-corrected chi connectivity index (χ2v) is 4.89. The van der Waals surface area contributed by atoms with Crippen molar-refractivity contribution in [2.45, 2.75) is 6.54 Å². The largest absolute Gasteiger partial charge is 0.491 e. The number of carbonyl (C=O) groups is 1. The highest BCUT2D eigenvalue weighted by Gasteiger charge is 2.09. The van der Waals surface area contributed by atoms with Crippen LogP contribution in [0.3, 0.4) is 0 Å². The average Bonchev–Trinajstić information content (AvgIpc) is 2.44. The lowest BCUT2D eigenvalue weighted by atomic mass is 10.3. The number of aromatic nitrogens is 1. The Morgan fingerprint density at radius 1 is 1.30 bits per heavy atom. The predicted octanol–water partition coefficient (Wildman–Crippen LogP) is 2.26. The van der Waals surface area contributed by atoms with Crippen LogP contribution in [-0.4, -0.2) is 17.6 Å². The zero-order chi connectivity index (χ0) is 14.5. The van der Waals surface area contributed by atoms with E-state index in [9.17, 15) is 9.59 Å². The molecule has 1 N–H and O–H groups in total. The highest BCUT2D eigenvalue weighted by Crippen LogP contribution is 2.20. The van der Waals surface area contributed by atoms with Crippen molar-refractivity contribution in [1.82, 2.24) is 4.57 Å². The molecule has 0 radical (unpaired) electrons. The lowest BCUT2D eigenvalue weighted by molar-refractivity contribution is -0.116. The van der Waals surface area contributed by atoms with Gasteiger partial charge in [0, 0.05) is 10.7 Å². The van der Waals surface area contributed by atoms with Gasteiger partial charge in [-0.2, -0.15) is 0 Å². The monoisotopic (exact) mass is 336 g/mol. The highest BCUT2D eigenvalue weighted by molar-refractivity contribution is 9.10. The van der Waals surface area contributed by atoms with Crippen molar-refractivity contribution in [1.29, 1.82) is 0 Å². The van der Waals surface area contributed by atoms with Gasteiger partial charge in [0.15, 0.2) is 5.75 Å². The van der Waals surface area contributed by atoms with Crippen molar-refractivity contribution in [3.8, 4) is 5.75 Å². The van der Waals surface area contributed by atoms with Crippen LogP contribution in [0, 0.1) is 0 Å². The number of hydrogen-bond donors (Lipinski definition) is 1. The Labute approximate surface area is 124 Å². The quantitative estimate of drug-likeness (QED) is 0.931. The molecule has 1 amide bonds. The van der Waals surface area contributed by atoms with Crippen molar-refractivity contribution in [2.24, 2.45) is 0 Å². The van der Waals surface area contributed by atoms with Crippen molar-refractivity contribution in [3.63, 3.8) is 0 Å². The van der Waals surface area contributed by atoms with Crippen LogP contribution in [0.1, 0.15) is 0 Å². The maximum Gasteiger partial charge on any atom is 0.293 e. The number of nitrogens with zero attached hydrogens (tertiary/aromatic N) is 1. The van der Waals surface area contributed by atoms with Crippen molar-refractivity contribution in [3.05, 3.63) is 57.4 Å². The van der Waals surface area contributed by atoms with Gasteiger partial charge in [-0.15, -0.1) is 0 Å². The minimum atomic E-state index is -0.336. The number of halogens is 1. The Morgan fingerprint density at radius 3 is 2.75 bits per heavy atom. The van der Waals surface area contributed by atoms with E-state index in [1.54, 1.807) is 24.4 Å². The Bertz CT molecular complexity index is 682.